The third kappa shape index (κ3) is 3.57. The zero-order chi connectivity index (χ0) is 14.3. The van der Waals surface area contributed by atoms with E-state index < -0.39 is 39.0 Å². The molecule has 0 aliphatic carbocycles. The van der Waals surface area contributed by atoms with Gasteiger partial charge in [-0.25, -0.2) is 12.8 Å². The zero-order valence-electron chi connectivity index (χ0n) is 7.41. The maximum atomic E-state index is 12.5. The molecular formula is C5H3ClF8O2S. The standard InChI is InChI=1S/C5H3ClF8O2S/c6-17(15,16)5(13,14)4(11,12)2(7)1-3(8,9)10/h2H,1H2. The predicted molar refractivity (Wildman–Crippen MR) is 40.2 cm³/mol. The van der Waals surface area contributed by atoms with Crippen LogP contribution in [0.2, 0.25) is 0 Å². The first kappa shape index (κ1) is 16.7. The van der Waals surface area contributed by atoms with Crippen molar-refractivity contribution >= 4 is 19.7 Å². The molecule has 104 valence electrons. The van der Waals surface area contributed by atoms with Crippen molar-refractivity contribution in [1.82, 2.24) is 0 Å². The van der Waals surface area contributed by atoms with Crippen LogP contribution in [0, 0.1) is 0 Å². The van der Waals surface area contributed by atoms with Gasteiger partial charge in [-0.15, -0.1) is 0 Å². The Morgan fingerprint density at radius 3 is 1.59 bits per heavy atom. The monoisotopic (exact) mass is 314 g/mol. The fourth-order valence-corrected chi connectivity index (χ4v) is 1.44. The maximum absolute atomic E-state index is 12.5. The smallest absolute Gasteiger partial charge is 0.240 e. The van der Waals surface area contributed by atoms with Crippen LogP contribution in [-0.2, 0) is 9.05 Å². The van der Waals surface area contributed by atoms with Crippen molar-refractivity contribution in [3.63, 3.8) is 0 Å². The van der Waals surface area contributed by atoms with Gasteiger partial charge in [0.15, 0.2) is 6.17 Å². The van der Waals surface area contributed by atoms with E-state index in [4.69, 9.17) is 0 Å². The van der Waals surface area contributed by atoms with Gasteiger partial charge < -0.3 is 0 Å². The SMILES string of the molecule is O=S(=O)(Cl)C(F)(F)C(F)(F)C(F)CC(F)(F)F. The fraction of sp³-hybridized carbons (Fsp3) is 1.00. The molecule has 0 bridgehead atoms. The number of halogens is 9. The van der Waals surface area contributed by atoms with E-state index in [0.717, 1.165) is 0 Å². The van der Waals surface area contributed by atoms with Crippen molar-refractivity contribution in [3.8, 4) is 0 Å². The molecule has 0 heterocycles. The predicted octanol–water partition coefficient (Wildman–Crippen LogP) is 3.07. The Labute approximate surface area is 94.0 Å². The summed E-state index contributed by atoms with van der Waals surface area (Å²) >= 11 is 0. The van der Waals surface area contributed by atoms with Gasteiger partial charge in [-0.3, -0.25) is 0 Å². The minimum Gasteiger partial charge on any atom is -0.240 e. The van der Waals surface area contributed by atoms with Crippen molar-refractivity contribution in [2.24, 2.45) is 0 Å². The first-order valence-electron chi connectivity index (χ1n) is 3.53. The minimum absolute atomic E-state index is 2.93. The van der Waals surface area contributed by atoms with Gasteiger partial charge in [-0.2, -0.15) is 30.7 Å². The van der Waals surface area contributed by atoms with E-state index >= 15 is 0 Å². The summed E-state index contributed by atoms with van der Waals surface area (Å²) in [6.07, 6.45) is -12.9. The molecule has 0 spiro atoms. The second-order valence-electron chi connectivity index (χ2n) is 2.86. The Morgan fingerprint density at radius 2 is 1.35 bits per heavy atom. The summed E-state index contributed by atoms with van der Waals surface area (Å²) in [7, 11) is -2.36. The van der Waals surface area contributed by atoms with Crippen molar-refractivity contribution in [2.45, 2.75) is 29.9 Å². The lowest BCUT2D eigenvalue weighted by Crippen LogP contribution is -2.52. The van der Waals surface area contributed by atoms with Gasteiger partial charge in [0.25, 0.3) is 0 Å². The molecule has 17 heavy (non-hydrogen) atoms. The molecule has 0 radical (unpaired) electrons. The zero-order valence-corrected chi connectivity index (χ0v) is 8.98. The lowest BCUT2D eigenvalue weighted by Gasteiger charge is -2.27. The summed E-state index contributed by atoms with van der Waals surface area (Å²) in [5, 5.41) is -6.15. The van der Waals surface area contributed by atoms with Crippen molar-refractivity contribution < 1.29 is 43.5 Å². The Kier molecular flexibility index (Phi) is 4.33. The Hall–Kier alpha value is -0.320. The average Bonchev–Trinajstić information content (AvgIpc) is 1.97. The van der Waals surface area contributed by atoms with Gasteiger partial charge in [0.2, 0.25) is 0 Å². The van der Waals surface area contributed by atoms with E-state index in [2.05, 4.69) is 10.7 Å². The molecule has 0 aliphatic heterocycles. The quantitative estimate of drug-likeness (QED) is 0.590. The summed E-state index contributed by atoms with van der Waals surface area (Å²) in [5.74, 6) is -6.09. The normalized spacial score (nSPS) is 17.0. The summed E-state index contributed by atoms with van der Waals surface area (Å²) in [6, 6.07) is 0. The number of hydrogen-bond acceptors (Lipinski definition) is 2. The summed E-state index contributed by atoms with van der Waals surface area (Å²) in [6.45, 7) is 0. The van der Waals surface area contributed by atoms with Crippen LogP contribution in [0.15, 0.2) is 0 Å². The molecule has 0 aromatic rings. The molecule has 0 saturated heterocycles. The van der Waals surface area contributed by atoms with E-state index in [1.165, 1.54) is 0 Å². The fourth-order valence-electron chi connectivity index (χ4n) is 0.676. The molecule has 0 aliphatic rings. The molecule has 0 amide bonds. The van der Waals surface area contributed by atoms with Crippen molar-refractivity contribution in [2.75, 3.05) is 0 Å². The number of rotatable bonds is 4. The van der Waals surface area contributed by atoms with Gasteiger partial charge in [-0.1, -0.05) is 0 Å². The molecule has 0 N–H and O–H groups in total. The highest BCUT2D eigenvalue weighted by atomic mass is 35.7. The van der Waals surface area contributed by atoms with Crippen LogP contribution < -0.4 is 0 Å². The Morgan fingerprint density at radius 1 is 1.00 bits per heavy atom. The highest BCUT2D eigenvalue weighted by molar-refractivity contribution is 8.14. The second-order valence-corrected chi connectivity index (χ2v) is 5.47. The van der Waals surface area contributed by atoms with Crippen LogP contribution >= 0.6 is 10.7 Å². The molecule has 2 nitrogen and oxygen atoms in total. The average molecular weight is 315 g/mol. The van der Waals surface area contributed by atoms with E-state index in [1.54, 1.807) is 0 Å². The van der Waals surface area contributed by atoms with Crippen molar-refractivity contribution in [3.05, 3.63) is 0 Å². The lowest BCUT2D eigenvalue weighted by atomic mass is 10.1. The Balaban J connectivity index is 5.28. The molecule has 1 atom stereocenters. The van der Waals surface area contributed by atoms with Crippen molar-refractivity contribution in [1.29, 1.82) is 0 Å². The Bertz CT molecular complexity index is 374. The minimum atomic E-state index is -6.28. The van der Waals surface area contributed by atoms with Crippen LogP contribution in [-0.4, -0.2) is 31.9 Å². The molecular weight excluding hydrogens is 312 g/mol. The number of alkyl halides is 8. The number of hydrogen-bond donors (Lipinski definition) is 0. The molecule has 0 saturated carbocycles. The van der Waals surface area contributed by atoms with Gasteiger partial charge in [0.05, 0.1) is 6.42 Å². The summed E-state index contributed by atoms with van der Waals surface area (Å²) in [4.78, 5) is 0. The second kappa shape index (κ2) is 4.41. The van der Waals surface area contributed by atoms with Gasteiger partial charge in [-0.05, 0) is 0 Å². The highest BCUT2D eigenvalue weighted by Gasteiger charge is 2.70. The molecule has 1 unspecified atom stereocenters. The van der Waals surface area contributed by atoms with Crippen LogP contribution in [0.3, 0.4) is 0 Å². The third-order valence-electron chi connectivity index (χ3n) is 1.50. The van der Waals surface area contributed by atoms with Crippen LogP contribution in [0.5, 0.6) is 0 Å². The van der Waals surface area contributed by atoms with Gasteiger partial charge in [0, 0.05) is 10.7 Å². The summed E-state index contributed by atoms with van der Waals surface area (Å²) in [5.41, 5.74) is 0. The van der Waals surface area contributed by atoms with Crippen LogP contribution in [0.25, 0.3) is 0 Å². The first-order valence-corrected chi connectivity index (χ1v) is 5.84. The first-order chi connectivity index (χ1) is 7.13. The topological polar surface area (TPSA) is 34.1 Å². The van der Waals surface area contributed by atoms with Gasteiger partial charge in [0.1, 0.15) is 0 Å². The molecule has 0 fully saturated rings. The van der Waals surface area contributed by atoms with Crippen LogP contribution in [0.1, 0.15) is 6.42 Å². The maximum Gasteiger partial charge on any atom is 0.424 e. The largest absolute Gasteiger partial charge is 0.424 e. The van der Waals surface area contributed by atoms with Gasteiger partial charge >= 0.3 is 26.4 Å². The molecule has 0 rings (SSSR count). The third-order valence-corrected chi connectivity index (χ3v) is 2.96. The van der Waals surface area contributed by atoms with E-state index in [0.29, 0.717) is 0 Å². The highest BCUT2D eigenvalue weighted by Crippen LogP contribution is 2.46. The summed E-state index contributed by atoms with van der Waals surface area (Å²) < 4.78 is 117. The van der Waals surface area contributed by atoms with E-state index in [9.17, 15) is 43.5 Å². The lowest BCUT2D eigenvalue weighted by molar-refractivity contribution is -0.225. The molecule has 0 aromatic heterocycles. The van der Waals surface area contributed by atoms with E-state index in [1.807, 2.05) is 0 Å². The van der Waals surface area contributed by atoms with E-state index in [-0.39, 0.29) is 0 Å². The van der Waals surface area contributed by atoms with Crippen LogP contribution in [0.4, 0.5) is 35.1 Å². The molecule has 0 aromatic carbocycles. The molecule has 12 heteroatoms.